The summed E-state index contributed by atoms with van der Waals surface area (Å²) in [6.07, 6.45) is -9.34. The van der Waals surface area contributed by atoms with E-state index in [0.717, 1.165) is 0 Å². The van der Waals surface area contributed by atoms with Crippen molar-refractivity contribution in [2.24, 2.45) is 5.92 Å². The van der Waals surface area contributed by atoms with Gasteiger partial charge in [0.05, 0.1) is 12.0 Å². The Hall–Kier alpha value is -0.990. The number of unbranched alkanes of at least 4 members (excludes halogenated alkanes) is 1. The highest BCUT2D eigenvalue weighted by atomic mass is 19.4. The zero-order valence-corrected chi connectivity index (χ0v) is 11.3. The van der Waals surface area contributed by atoms with E-state index in [1.165, 1.54) is 0 Å². The first-order chi connectivity index (χ1) is 9.59. The van der Waals surface area contributed by atoms with E-state index in [0.29, 0.717) is 0 Å². The van der Waals surface area contributed by atoms with Gasteiger partial charge in [0.25, 0.3) is 0 Å². The molecule has 0 saturated carbocycles. The van der Waals surface area contributed by atoms with Crippen LogP contribution in [0.4, 0.5) is 26.3 Å². The number of carbonyl (C=O) groups excluding carboxylic acids is 1. The molecule has 1 heterocycles. The monoisotopic (exact) mass is 320 g/mol. The highest BCUT2D eigenvalue weighted by Crippen LogP contribution is 2.31. The van der Waals surface area contributed by atoms with Gasteiger partial charge in [0.15, 0.2) is 0 Å². The van der Waals surface area contributed by atoms with Crippen molar-refractivity contribution < 1.29 is 31.1 Å². The van der Waals surface area contributed by atoms with Gasteiger partial charge in [0, 0.05) is 19.5 Å². The zero-order valence-electron chi connectivity index (χ0n) is 11.3. The van der Waals surface area contributed by atoms with Crippen LogP contribution >= 0.6 is 0 Å². The molecule has 1 aliphatic heterocycles. The van der Waals surface area contributed by atoms with Crippen LogP contribution in [-0.4, -0.2) is 37.4 Å². The quantitative estimate of drug-likeness (QED) is 0.604. The molecule has 0 aromatic rings. The Kier molecular flexibility index (Phi) is 6.30. The molecular formula is C12H18F6N2O. The number of nitrogens with one attached hydrogen (secondary N) is 2. The summed E-state index contributed by atoms with van der Waals surface area (Å²) in [7, 11) is 0. The first-order valence-corrected chi connectivity index (χ1v) is 6.74. The van der Waals surface area contributed by atoms with Crippen LogP contribution in [0.5, 0.6) is 0 Å². The predicted molar refractivity (Wildman–Crippen MR) is 63.5 cm³/mol. The van der Waals surface area contributed by atoms with E-state index >= 15 is 0 Å². The summed E-state index contributed by atoms with van der Waals surface area (Å²) in [6, 6.07) is -0.703. The normalized spacial score (nSPS) is 23.9. The molecule has 0 aromatic carbocycles. The molecule has 1 rings (SSSR count). The Bertz CT molecular complexity index is 334. The van der Waals surface area contributed by atoms with Crippen LogP contribution in [0.2, 0.25) is 0 Å². The average Bonchev–Trinajstić information content (AvgIpc) is 2.36. The van der Waals surface area contributed by atoms with Crippen LogP contribution in [-0.2, 0) is 4.79 Å². The maximum Gasteiger partial charge on any atom is 0.393 e. The standard InChI is InChI=1S/C12H18F6N2O/c13-11(14,15)5-1-2-6-19-10(21)9-4-3-8(7-20-9)12(16,17)18/h8-9,20H,1-7H2,(H,19,21). The summed E-state index contributed by atoms with van der Waals surface area (Å²) in [6.45, 7) is -0.217. The smallest absolute Gasteiger partial charge is 0.355 e. The maximum atomic E-state index is 12.4. The maximum absolute atomic E-state index is 12.4. The molecule has 0 spiro atoms. The Balaban J connectivity index is 2.17. The Morgan fingerprint density at radius 1 is 1.10 bits per heavy atom. The number of alkyl halides is 6. The summed E-state index contributed by atoms with van der Waals surface area (Å²) in [5.74, 6) is -1.91. The number of halogens is 6. The van der Waals surface area contributed by atoms with Crippen LogP contribution in [0.1, 0.15) is 32.1 Å². The van der Waals surface area contributed by atoms with Gasteiger partial charge >= 0.3 is 12.4 Å². The predicted octanol–water partition coefficient (Wildman–Crippen LogP) is 2.77. The van der Waals surface area contributed by atoms with Crippen molar-refractivity contribution in [3.63, 3.8) is 0 Å². The minimum atomic E-state index is -4.27. The average molecular weight is 320 g/mol. The van der Waals surface area contributed by atoms with Crippen LogP contribution in [0.3, 0.4) is 0 Å². The fraction of sp³-hybridized carbons (Fsp3) is 0.917. The lowest BCUT2D eigenvalue weighted by molar-refractivity contribution is -0.180. The molecule has 0 aromatic heterocycles. The third-order valence-electron chi connectivity index (χ3n) is 3.38. The molecule has 2 N–H and O–H groups in total. The molecule has 2 atom stereocenters. The van der Waals surface area contributed by atoms with Crippen molar-refractivity contribution >= 4 is 5.91 Å². The second-order valence-electron chi connectivity index (χ2n) is 5.14. The molecule has 1 fully saturated rings. The van der Waals surface area contributed by atoms with Crippen LogP contribution in [0.25, 0.3) is 0 Å². The van der Waals surface area contributed by atoms with E-state index in [1.807, 2.05) is 0 Å². The summed E-state index contributed by atoms with van der Waals surface area (Å²) in [5.41, 5.74) is 0. The van der Waals surface area contributed by atoms with E-state index in [1.54, 1.807) is 0 Å². The van der Waals surface area contributed by atoms with Crippen molar-refractivity contribution in [3.05, 3.63) is 0 Å². The highest BCUT2D eigenvalue weighted by molar-refractivity contribution is 5.81. The van der Waals surface area contributed by atoms with E-state index in [9.17, 15) is 31.1 Å². The number of piperidine rings is 1. The van der Waals surface area contributed by atoms with Gasteiger partial charge in [0.2, 0.25) is 5.91 Å². The number of rotatable bonds is 5. The van der Waals surface area contributed by atoms with Crippen molar-refractivity contribution in [3.8, 4) is 0 Å². The lowest BCUT2D eigenvalue weighted by Crippen LogP contribution is -2.51. The SMILES string of the molecule is O=C(NCCCCC(F)(F)F)C1CCC(C(F)(F)F)CN1. The number of hydrogen-bond acceptors (Lipinski definition) is 2. The van der Waals surface area contributed by atoms with Gasteiger partial charge in [-0.15, -0.1) is 0 Å². The molecule has 1 aliphatic rings. The van der Waals surface area contributed by atoms with Gasteiger partial charge in [-0.25, -0.2) is 0 Å². The van der Waals surface area contributed by atoms with Gasteiger partial charge in [-0.05, 0) is 25.7 Å². The molecule has 3 nitrogen and oxygen atoms in total. The summed E-state index contributed by atoms with van der Waals surface area (Å²) >= 11 is 0. The molecule has 124 valence electrons. The summed E-state index contributed by atoms with van der Waals surface area (Å²) < 4.78 is 72.9. The van der Waals surface area contributed by atoms with E-state index < -0.39 is 36.6 Å². The zero-order chi connectivity index (χ0) is 16.1. The van der Waals surface area contributed by atoms with Crippen molar-refractivity contribution in [1.29, 1.82) is 0 Å². The van der Waals surface area contributed by atoms with Crippen LogP contribution in [0, 0.1) is 5.92 Å². The minimum Gasteiger partial charge on any atom is -0.355 e. The summed E-state index contributed by atoms with van der Waals surface area (Å²) in [4.78, 5) is 11.6. The fourth-order valence-corrected chi connectivity index (χ4v) is 2.14. The van der Waals surface area contributed by atoms with Gasteiger partial charge in [-0.1, -0.05) is 0 Å². The van der Waals surface area contributed by atoms with Gasteiger partial charge in [0.1, 0.15) is 0 Å². The molecule has 2 unspecified atom stereocenters. The van der Waals surface area contributed by atoms with Gasteiger partial charge in [-0.2, -0.15) is 26.3 Å². The van der Waals surface area contributed by atoms with E-state index in [2.05, 4.69) is 10.6 Å². The molecule has 0 bridgehead atoms. The molecule has 0 aliphatic carbocycles. The van der Waals surface area contributed by atoms with Crippen LogP contribution < -0.4 is 10.6 Å². The second kappa shape index (κ2) is 7.33. The van der Waals surface area contributed by atoms with Crippen molar-refractivity contribution in [1.82, 2.24) is 10.6 Å². The highest BCUT2D eigenvalue weighted by Gasteiger charge is 2.42. The third-order valence-corrected chi connectivity index (χ3v) is 3.38. The topological polar surface area (TPSA) is 41.1 Å². The number of hydrogen-bond donors (Lipinski definition) is 2. The molecule has 9 heteroatoms. The first-order valence-electron chi connectivity index (χ1n) is 6.74. The Morgan fingerprint density at radius 2 is 1.76 bits per heavy atom. The Labute approximate surface area is 118 Å². The van der Waals surface area contributed by atoms with Crippen molar-refractivity contribution in [2.45, 2.75) is 50.5 Å². The lowest BCUT2D eigenvalue weighted by atomic mass is 9.94. The molecular weight excluding hydrogens is 302 g/mol. The largest absolute Gasteiger partial charge is 0.393 e. The third kappa shape index (κ3) is 7.01. The lowest BCUT2D eigenvalue weighted by Gasteiger charge is -2.30. The fourth-order valence-electron chi connectivity index (χ4n) is 2.14. The molecule has 1 saturated heterocycles. The van der Waals surface area contributed by atoms with Crippen molar-refractivity contribution in [2.75, 3.05) is 13.1 Å². The van der Waals surface area contributed by atoms with Gasteiger partial charge in [-0.3, -0.25) is 4.79 Å². The van der Waals surface area contributed by atoms with Crippen LogP contribution in [0.15, 0.2) is 0 Å². The second-order valence-corrected chi connectivity index (χ2v) is 5.14. The first kappa shape index (κ1) is 18.1. The van der Waals surface area contributed by atoms with E-state index in [-0.39, 0.29) is 38.8 Å². The number of carbonyl (C=O) groups is 1. The molecule has 1 amide bonds. The Morgan fingerprint density at radius 3 is 2.24 bits per heavy atom. The molecule has 0 radical (unpaired) electrons. The van der Waals surface area contributed by atoms with E-state index in [4.69, 9.17) is 0 Å². The molecule has 21 heavy (non-hydrogen) atoms. The van der Waals surface area contributed by atoms with Gasteiger partial charge < -0.3 is 10.6 Å². The number of amides is 1. The minimum absolute atomic E-state index is 0.0680. The summed E-state index contributed by atoms with van der Waals surface area (Å²) in [5, 5.41) is 4.97.